The minimum absolute atomic E-state index is 0.0590. The summed E-state index contributed by atoms with van der Waals surface area (Å²) in [7, 11) is 1.52. The molecule has 4 rings (SSSR count). The molecular formula is C23H23ClF3N7O. The average Bonchev–Trinajstić information content (AvgIpc) is 3.40. The number of hydrogen-bond acceptors (Lipinski definition) is 6. The quantitative estimate of drug-likeness (QED) is 0.346. The molecule has 184 valence electrons. The Balaban J connectivity index is 1.55. The van der Waals surface area contributed by atoms with E-state index >= 15 is 0 Å². The Kier molecular flexibility index (Phi) is 6.70. The minimum atomic E-state index is -4.49. The molecule has 35 heavy (non-hydrogen) atoms. The van der Waals surface area contributed by atoms with Crippen molar-refractivity contribution in [2.75, 3.05) is 12.4 Å². The average molecular weight is 506 g/mol. The molecule has 0 amide bonds. The molecule has 0 unspecified atom stereocenters. The van der Waals surface area contributed by atoms with Crippen molar-refractivity contribution in [3.8, 4) is 23.0 Å². The smallest absolute Gasteiger partial charge is 0.435 e. The number of hydrogen-bond donors (Lipinski definition) is 1. The molecule has 0 aliphatic heterocycles. The molecule has 8 nitrogen and oxygen atoms in total. The molecule has 1 N–H and O–H groups in total. The summed E-state index contributed by atoms with van der Waals surface area (Å²) in [4.78, 5) is 8.97. The molecule has 3 heterocycles. The predicted molar refractivity (Wildman–Crippen MR) is 126 cm³/mol. The molecule has 0 fully saturated rings. The Labute approximate surface area is 204 Å². The summed E-state index contributed by atoms with van der Waals surface area (Å²) in [6, 6.07) is 8.10. The molecule has 0 aliphatic rings. The summed E-state index contributed by atoms with van der Waals surface area (Å²) in [6.45, 7) is 5.92. The minimum Gasteiger partial charge on any atom is -0.491 e. The van der Waals surface area contributed by atoms with Crippen LogP contribution in [-0.2, 0) is 12.7 Å². The second-order valence-electron chi connectivity index (χ2n) is 8.09. The van der Waals surface area contributed by atoms with Gasteiger partial charge in [0.2, 0.25) is 0 Å². The number of nitrogens with one attached hydrogen (secondary N) is 1. The van der Waals surface area contributed by atoms with Gasteiger partial charge in [-0.15, -0.1) is 0 Å². The van der Waals surface area contributed by atoms with Crippen LogP contribution in [0.4, 0.5) is 19.0 Å². The predicted octanol–water partition coefficient (Wildman–Crippen LogP) is 5.71. The van der Waals surface area contributed by atoms with Crippen LogP contribution in [0.3, 0.4) is 0 Å². The number of alkyl halides is 3. The lowest BCUT2D eigenvalue weighted by Gasteiger charge is -2.14. The summed E-state index contributed by atoms with van der Waals surface area (Å²) in [5.41, 5.74) is 1.47. The zero-order valence-electron chi connectivity index (χ0n) is 19.4. The SMILES string of the molecule is COc1cnc(-c2c(Cl)cnn2C(C)C)nc1NCc1ccc(-n2nc(C(F)(F)F)cc2C)cc1. The molecule has 0 radical (unpaired) electrons. The summed E-state index contributed by atoms with van der Waals surface area (Å²) in [5.74, 6) is 1.31. The lowest BCUT2D eigenvalue weighted by Crippen LogP contribution is -2.09. The van der Waals surface area contributed by atoms with Crippen LogP contribution in [0.1, 0.15) is 36.8 Å². The maximum atomic E-state index is 13.0. The number of benzene rings is 1. The first-order valence-electron chi connectivity index (χ1n) is 10.7. The normalized spacial score (nSPS) is 11.8. The summed E-state index contributed by atoms with van der Waals surface area (Å²) >= 11 is 6.34. The van der Waals surface area contributed by atoms with Gasteiger partial charge in [-0.05, 0) is 44.5 Å². The van der Waals surface area contributed by atoms with E-state index in [1.165, 1.54) is 11.8 Å². The van der Waals surface area contributed by atoms with Gasteiger partial charge in [-0.1, -0.05) is 23.7 Å². The highest BCUT2D eigenvalue weighted by molar-refractivity contribution is 6.32. The number of rotatable bonds is 7. The van der Waals surface area contributed by atoms with E-state index in [2.05, 4.69) is 25.5 Å². The monoisotopic (exact) mass is 505 g/mol. The van der Waals surface area contributed by atoms with E-state index in [1.54, 1.807) is 48.3 Å². The van der Waals surface area contributed by atoms with Crippen LogP contribution in [0, 0.1) is 6.92 Å². The maximum absolute atomic E-state index is 13.0. The third-order valence-corrected chi connectivity index (χ3v) is 5.52. The lowest BCUT2D eigenvalue weighted by atomic mass is 10.2. The highest BCUT2D eigenvalue weighted by Gasteiger charge is 2.34. The van der Waals surface area contributed by atoms with Gasteiger partial charge in [0.1, 0.15) is 5.69 Å². The van der Waals surface area contributed by atoms with Crippen molar-refractivity contribution in [3.05, 3.63) is 64.7 Å². The third-order valence-electron chi connectivity index (χ3n) is 5.25. The van der Waals surface area contributed by atoms with Crippen LogP contribution < -0.4 is 10.1 Å². The molecule has 4 aromatic rings. The first-order valence-corrected chi connectivity index (χ1v) is 11.1. The first kappa shape index (κ1) is 24.5. The number of halogens is 4. The van der Waals surface area contributed by atoms with Gasteiger partial charge in [-0.25, -0.2) is 14.6 Å². The van der Waals surface area contributed by atoms with Gasteiger partial charge < -0.3 is 10.1 Å². The van der Waals surface area contributed by atoms with E-state index in [4.69, 9.17) is 16.3 Å². The van der Waals surface area contributed by atoms with Crippen LogP contribution in [-0.4, -0.2) is 36.6 Å². The molecule has 12 heteroatoms. The van der Waals surface area contributed by atoms with Gasteiger partial charge in [0, 0.05) is 18.3 Å². The Bertz CT molecular complexity index is 1330. The molecule has 1 aromatic carbocycles. The van der Waals surface area contributed by atoms with E-state index in [1.807, 2.05) is 13.8 Å². The fourth-order valence-electron chi connectivity index (χ4n) is 3.52. The Morgan fingerprint density at radius 3 is 2.46 bits per heavy atom. The molecule has 0 aliphatic carbocycles. The first-order chi connectivity index (χ1) is 16.6. The van der Waals surface area contributed by atoms with Crippen molar-refractivity contribution in [3.63, 3.8) is 0 Å². The summed E-state index contributed by atoms with van der Waals surface area (Å²) in [5, 5.41) is 11.6. The highest BCUT2D eigenvalue weighted by atomic mass is 35.5. The van der Waals surface area contributed by atoms with Crippen molar-refractivity contribution < 1.29 is 17.9 Å². The Morgan fingerprint density at radius 1 is 1.14 bits per heavy atom. The van der Waals surface area contributed by atoms with E-state index in [0.29, 0.717) is 46.0 Å². The molecule has 0 bridgehead atoms. The zero-order chi connectivity index (χ0) is 25.3. The van der Waals surface area contributed by atoms with Crippen molar-refractivity contribution in [2.45, 2.75) is 39.5 Å². The van der Waals surface area contributed by atoms with Gasteiger partial charge >= 0.3 is 6.18 Å². The summed E-state index contributed by atoms with van der Waals surface area (Å²) in [6.07, 6.45) is -1.38. The molecule has 0 spiro atoms. The van der Waals surface area contributed by atoms with Crippen LogP contribution >= 0.6 is 11.6 Å². The van der Waals surface area contributed by atoms with Gasteiger partial charge in [0.15, 0.2) is 23.1 Å². The topological polar surface area (TPSA) is 82.7 Å². The van der Waals surface area contributed by atoms with Crippen molar-refractivity contribution in [1.29, 1.82) is 0 Å². The van der Waals surface area contributed by atoms with Crippen molar-refractivity contribution in [1.82, 2.24) is 29.5 Å². The standard InChI is InChI=1S/C23H23ClF3N7O/c1-13(2)33-20(17(24)11-30-33)22-29-12-18(35-4)21(31-22)28-10-15-5-7-16(8-6-15)34-14(3)9-19(32-34)23(25,26)27/h5-9,11-13H,10H2,1-4H3,(H,28,29,31). The lowest BCUT2D eigenvalue weighted by molar-refractivity contribution is -0.141. The number of aromatic nitrogens is 6. The Morgan fingerprint density at radius 2 is 1.86 bits per heavy atom. The number of methoxy groups -OCH3 is 1. The molecule has 0 saturated carbocycles. The van der Waals surface area contributed by atoms with Crippen LogP contribution in [0.25, 0.3) is 17.2 Å². The maximum Gasteiger partial charge on any atom is 0.435 e. The fraction of sp³-hybridized carbons (Fsp3) is 0.304. The molecular weight excluding hydrogens is 483 g/mol. The van der Waals surface area contributed by atoms with Gasteiger partial charge in [0.25, 0.3) is 0 Å². The molecule has 0 saturated heterocycles. The molecule has 0 atom stereocenters. The number of aryl methyl sites for hydroxylation is 1. The number of nitrogens with zero attached hydrogens (tertiary/aromatic N) is 6. The van der Waals surface area contributed by atoms with Crippen LogP contribution in [0.15, 0.2) is 42.7 Å². The largest absolute Gasteiger partial charge is 0.491 e. The van der Waals surface area contributed by atoms with E-state index in [9.17, 15) is 13.2 Å². The molecule has 3 aromatic heterocycles. The van der Waals surface area contributed by atoms with Crippen molar-refractivity contribution in [2.24, 2.45) is 0 Å². The van der Waals surface area contributed by atoms with Gasteiger partial charge in [0.05, 0.1) is 30.2 Å². The van der Waals surface area contributed by atoms with E-state index in [0.717, 1.165) is 11.6 Å². The van der Waals surface area contributed by atoms with Crippen LogP contribution in [0.5, 0.6) is 5.75 Å². The van der Waals surface area contributed by atoms with Crippen molar-refractivity contribution >= 4 is 17.4 Å². The Hall–Kier alpha value is -3.60. The van der Waals surface area contributed by atoms with Gasteiger partial charge in [-0.2, -0.15) is 23.4 Å². The fourth-order valence-corrected chi connectivity index (χ4v) is 3.73. The second kappa shape index (κ2) is 9.57. The summed E-state index contributed by atoms with van der Waals surface area (Å²) < 4.78 is 47.3. The number of anilines is 1. The van der Waals surface area contributed by atoms with E-state index in [-0.39, 0.29) is 6.04 Å². The third kappa shape index (κ3) is 5.09. The van der Waals surface area contributed by atoms with Gasteiger partial charge in [-0.3, -0.25) is 4.68 Å². The second-order valence-corrected chi connectivity index (χ2v) is 8.50. The highest BCUT2D eigenvalue weighted by Crippen LogP contribution is 2.31. The van der Waals surface area contributed by atoms with E-state index < -0.39 is 11.9 Å². The zero-order valence-corrected chi connectivity index (χ0v) is 20.2. The number of ether oxygens (including phenoxy) is 1. The van der Waals surface area contributed by atoms with Crippen LogP contribution in [0.2, 0.25) is 5.02 Å².